The highest BCUT2D eigenvalue weighted by atomic mass is 16.5. The summed E-state index contributed by atoms with van der Waals surface area (Å²) in [7, 11) is 1.20. The highest BCUT2D eigenvalue weighted by Crippen LogP contribution is 2.01. The van der Waals surface area contributed by atoms with Gasteiger partial charge in [0.2, 0.25) is 0 Å². The van der Waals surface area contributed by atoms with Crippen LogP contribution in [0.25, 0.3) is 0 Å². The van der Waals surface area contributed by atoms with Gasteiger partial charge in [0.15, 0.2) is 0 Å². The number of esters is 1. The van der Waals surface area contributed by atoms with Crippen LogP contribution in [-0.2, 0) is 14.3 Å². The molecule has 0 unspecified atom stereocenters. The molecular weight excluding hydrogens is 268 g/mol. The fourth-order valence-electron chi connectivity index (χ4n) is 1.41. The van der Waals surface area contributed by atoms with Crippen molar-refractivity contribution in [2.24, 2.45) is 0 Å². The number of hydrogen-bond acceptors (Lipinski definition) is 5. The van der Waals surface area contributed by atoms with Gasteiger partial charge in [-0.3, -0.25) is 4.79 Å². The highest BCUT2D eigenvalue weighted by Gasteiger charge is 2.23. The van der Waals surface area contributed by atoms with Crippen LogP contribution in [0.2, 0.25) is 0 Å². The molecule has 114 valence electrons. The number of nitrogens with zero attached hydrogens (tertiary/aromatic N) is 1. The molecule has 0 aliphatic carbocycles. The van der Waals surface area contributed by atoms with Crippen LogP contribution in [0.1, 0.15) is 12.8 Å². The maximum atomic E-state index is 11.8. The van der Waals surface area contributed by atoms with Crippen LogP contribution in [0.5, 0.6) is 0 Å². The topological polar surface area (TPSA) is 116 Å². The molecule has 3 N–H and O–H groups in total. The molecule has 20 heavy (non-hydrogen) atoms. The maximum Gasteiger partial charge on any atom is 0.326 e. The molecule has 0 rings (SSSR count). The molecule has 0 aromatic carbocycles. The zero-order chi connectivity index (χ0) is 15.5. The predicted molar refractivity (Wildman–Crippen MR) is 70.1 cm³/mol. The fraction of sp³-hybridized carbons (Fsp3) is 0.583. The lowest BCUT2D eigenvalue weighted by molar-refractivity contribution is -0.142. The van der Waals surface area contributed by atoms with Crippen LogP contribution >= 0.6 is 0 Å². The van der Waals surface area contributed by atoms with E-state index in [1.54, 1.807) is 0 Å². The third-order valence-corrected chi connectivity index (χ3v) is 2.47. The number of rotatable bonds is 9. The van der Waals surface area contributed by atoms with Gasteiger partial charge in [0.05, 0.1) is 13.7 Å². The molecular formula is C12H20N2O6. The van der Waals surface area contributed by atoms with Crippen LogP contribution in [0.15, 0.2) is 12.7 Å². The van der Waals surface area contributed by atoms with E-state index in [2.05, 4.69) is 16.6 Å². The number of carbonyl (C=O) groups is 3. The molecule has 8 heteroatoms. The minimum Gasteiger partial charge on any atom is -0.480 e. The minimum absolute atomic E-state index is 0.0567. The first-order valence-electron chi connectivity index (χ1n) is 6.03. The average Bonchev–Trinajstić information content (AvgIpc) is 2.42. The van der Waals surface area contributed by atoms with E-state index in [4.69, 9.17) is 10.2 Å². The number of nitrogens with one attached hydrogen (secondary N) is 1. The van der Waals surface area contributed by atoms with Gasteiger partial charge in [-0.15, -0.1) is 6.58 Å². The number of methoxy groups -OCH3 is 1. The molecule has 0 spiro atoms. The zero-order valence-electron chi connectivity index (χ0n) is 11.4. The van der Waals surface area contributed by atoms with E-state index in [9.17, 15) is 14.4 Å². The Bertz CT molecular complexity index is 358. The first-order chi connectivity index (χ1) is 9.46. The summed E-state index contributed by atoms with van der Waals surface area (Å²) < 4.78 is 4.41. The minimum atomic E-state index is -1.25. The van der Waals surface area contributed by atoms with E-state index >= 15 is 0 Å². The van der Waals surface area contributed by atoms with Crippen molar-refractivity contribution < 1.29 is 29.3 Å². The number of aliphatic hydroxyl groups excluding tert-OH is 1. The van der Waals surface area contributed by atoms with Gasteiger partial charge in [0.1, 0.15) is 6.04 Å². The van der Waals surface area contributed by atoms with Gasteiger partial charge in [0, 0.05) is 19.5 Å². The number of amides is 2. The molecule has 2 amide bonds. The van der Waals surface area contributed by atoms with Crippen LogP contribution < -0.4 is 5.32 Å². The first kappa shape index (κ1) is 17.9. The molecule has 0 saturated heterocycles. The van der Waals surface area contributed by atoms with Crippen molar-refractivity contribution in [1.82, 2.24) is 10.2 Å². The highest BCUT2D eigenvalue weighted by molar-refractivity contribution is 5.83. The second kappa shape index (κ2) is 9.79. The summed E-state index contributed by atoms with van der Waals surface area (Å²) in [6.07, 6.45) is 1.27. The molecule has 1 atom stereocenters. The van der Waals surface area contributed by atoms with E-state index in [-0.39, 0.29) is 32.5 Å². The number of carbonyl (C=O) groups excluding carboxylic acids is 2. The molecule has 0 bridgehead atoms. The van der Waals surface area contributed by atoms with Crippen LogP contribution in [0, 0.1) is 0 Å². The van der Waals surface area contributed by atoms with Crippen LogP contribution in [-0.4, -0.2) is 65.9 Å². The number of carboxylic acid groups (broad SMARTS) is 1. The summed E-state index contributed by atoms with van der Waals surface area (Å²) in [5.41, 5.74) is 0. The molecule has 0 aromatic heterocycles. The number of urea groups is 1. The third kappa shape index (κ3) is 6.74. The summed E-state index contributed by atoms with van der Waals surface area (Å²) in [6.45, 7) is 3.45. The van der Waals surface area contributed by atoms with Gasteiger partial charge in [-0.2, -0.15) is 0 Å². The summed E-state index contributed by atoms with van der Waals surface area (Å²) in [4.78, 5) is 35.0. The smallest absolute Gasteiger partial charge is 0.326 e. The Kier molecular flexibility index (Phi) is 8.77. The van der Waals surface area contributed by atoms with Crippen molar-refractivity contribution in [3.05, 3.63) is 12.7 Å². The number of aliphatic carboxylic acids is 1. The average molecular weight is 288 g/mol. The summed E-state index contributed by atoms with van der Waals surface area (Å²) in [6, 6.07) is -1.84. The molecule has 0 heterocycles. The largest absolute Gasteiger partial charge is 0.480 e. The Labute approximate surface area is 117 Å². The number of hydrogen-bond donors (Lipinski definition) is 3. The Balaban J connectivity index is 4.55. The predicted octanol–water partition coefficient (Wildman–Crippen LogP) is -0.417. The van der Waals surface area contributed by atoms with Crippen molar-refractivity contribution in [1.29, 1.82) is 0 Å². The van der Waals surface area contributed by atoms with Crippen molar-refractivity contribution in [2.75, 3.05) is 26.8 Å². The lowest BCUT2D eigenvalue weighted by Gasteiger charge is -2.23. The summed E-state index contributed by atoms with van der Waals surface area (Å²) >= 11 is 0. The van der Waals surface area contributed by atoms with Crippen molar-refractivity contribution >= 4 is 18.0 Å². The van der Waals surface area contributed by atoms with Gasteiger partial charge < -0.3 is 25.2 Å². The van der Waals surface area contributed by atoms with Crippen molar-refractivity contribution in [2.45, 2.75) is 18.9 Å². The summed E-state index contributed by atoms with van der Waals surface area (Å²) in [5.74, 6) is -1.80. The Morgan fingerprint density at radius 2 is 2.10 bits per heavy atom. The first-order valence-corrected chi connectivity index (χ1v) is 6.03. The Morgan fingerprint density at radius 1 is 1.45 bits per heavy atom. The van der Waals surface area contributed by atoms with Gasteiger partial charge in [0.25, 0.3) is 0 Å². The number of aliphatic hydroxyl groups is 1. The SMILES string of the molecule is C=CCN(CCO)C(=O)N[C@H](CCC(=O)OC)C(=O)O. The molecule has 0 fully saturated rings. The Morgan fingerprint density at radius 3 is 2.55 bits per heavy atom. The molecule has 8 nitrogen and oxygen atoms in total. The van der Waals surface area contributed by atoms with Crippen molar-refractivity contribution in [3.63, 3.8) is 0 Å². The lowest BCUT2D eigenvalue weighted by atomic mass is 10.1. The number of ether oxygens (including phenoxy) is 1. The standard InChI is InChI=1S/C12H20N2O6/c1-3-6-14(7-8-15)12(19)13-9(11(17)18)4-5-10(16)20-2/h3,9,15H,1,4-8H2,2H3,(H,13,19)(H,17,18)/t9-/m1/s1. The third-order valence-electron chi connectivity index (χ3n) is 2.47. The van der Waals surface area contributed by atoms with Crippen LogP contribution in [0.4, 0.5) is 4.79 Å². The normalized spacial score (nSPS) is 11.3. The quantitative estimate of drug-likeness (QED) is 0.392. The van der Waals surface area contributed by atoms with Crippen LogP contribution in [0.3, 0.4) is 0 Å². The molecule has 0 aliphatic rings. The Hall–Kier alpha value is -2.09. The summed E-state index contributed by atoms with van der Waals surface area (Å²) in [5, 5.41) is 20.1. The molecule has 0 aromatic rings. The van der Waals surface area contributed by atoms with E-state index in [1.165, 1.54) is 18.1 Å². The monoisotopic (exact) mass is 288 g/mol. The lowest BCUT2D eigenvalue weighted by Crippen LogP contribution is -2.48. The second-order valence-electron chi connectivity index (χ2n) is 3.91. The zero-order valence-corrected chi connectivity index (χ0v) is 11.4. The van der Waals surface area contributed by atoms with E-state index in [0.717, 1.165) is 0 Å². The van der Waals surface area contributed by atoms with E-state index in [1.807, 2.05) is 0 Å². The van der Waals surface area contributed by atoms with Gasteiger partial charge in [-0.25, -0.2) is 9.59 Å². The van der Waals surface area contributed by atoms with Gasteiger partial charge in [-0.1, -0.05) is 6.08 Å². The molecule has 0 saturated carbocycles. The van der Waals surface area contributed by atoms with E-state index < -0.39 is 24.0 Å². The fourth-order valence-corrected chi connectivity index (χ4v) is 1.41. The second-order valence-corrected chi connectivity index (χ2v) is 3.91. The van der Waals surface area contributed by atoms with Crippen molar-refractivity contribution in [3.8, 4) is 0 Å². The maximum absolute atomic E-state index is 11.8. The number of carboxylic acids is 1. The van der Waals surface area contributed by atoms with Gasteiger partial charge >= 0.3 is 18.0 Å². The molecule has 0 aliphatic heterocycles. The van der Waals surface area contributed by atoms with Gasteiger partial charge in [-0.05, 0) is 6.42 Å². The molecule has 0 radical (unpaired) electrons. The van der Waals surface area contributed by atoms with E-state index in [0.29, 0.717) is 0 Å².